The molecule has 2 aromatic rings. The lowest BCUT2D eigenvalue weighted by Gasteiger charge is -2.07. The van der Waals surface area contributed by atoms with Crippen molar-refractivity contribution in [2.75, 3.05) is 5.73 Å². The summed E-state index contributed by atoms with van der Waals surface area (Å²) in [5, 5.41) is 9.61. The van der Waals surface area contributed by atoms with E-state index in [1.807, 2.05) is 6.92 Å². The second-order valence-corrected chi connectivity index (χ2v) is 3.61. The van der Waals surface area contributed by atoms with Gasteiger partial charge < -0.3 is 10.8 Å². The Bertz CT molecular complexity index is 593. The van der Waals surface area contributed by atoms with Gasteiger partial charge in [0.15, 0.2) is 11.3 Å². The molecule has 0 saturated heterocycles. The molecule has 82 valence electrons. The van der Waals surface area contributed by atoms with Crippen LogP contribution < -0.4 is 5.73 Å². The molecule has 2 heterocycles. The van der Waals surface area contributed by atoms with Crippen LogP contribution in [0, 0.1) is 13.8 Å². The molecule has 0 unspecified atom stereocenters. The Balaban J connectivity index is 2.81. The zero-order chi connectivity index (χ0) is 11.9. The van der Waals surface area contributed by atoms with E-state index in [0.717, 1.165) is 10.9 Å². The molecule has 0 aromatic carbocycles. The Morgan fingerprint density at radius 2 is 2.00 bits per heavy atom. The molecule has 0 bridgehead atoms. The SMILES string of the molecule is Cc1nc2nc(C(=O)O)ccc2c(C)c1N. The molecule has 0 spiro atoms. The zero-order valence-electron chi connectivity index (χ0n) is 8.98. The first-order chi connectivity index (χ1) is 7.50. The van der Waals surface area contributed by atoms with Crippen molar-refractivity contribution in [2.45, 2.75) is 13.8 Å². The van der Waals surface area contributed by atoms with Gasteiger partial charge in [-0.3, -0.25) is 0 Å². The minimum atomic E-state index is -1.06. The van der Waals surface area contributed by atoms with Gasteiger partial charge in [-0.1, -0.05) is 0 Å². The molecule has 0 saturated carbocycles. The number of aromatic nitrogens is 2. The van der Waals surface area contributed by atoms with Gasteiger partial charge >= 0.3 is 5.97 Å². The van der Waals surface area contributed by atoms with Crippen molar-refractivity contribution in [1.82, 2.24) is 9.97 Å². The average molecular weight is 217 g/mol. The predicted molar refractivity (Wildman–Crippen MR) is 60.4 cm³/mol. The summed E-state index contributed by atoms with van der Waals surface area (Å²) in [6.45, 7) is 3.64. The maximum atomic E-state index is 10.8. The normalized spacial score (nSPS) is 10.6. The second-order valence-electron chi connectivity index (χ2n) is 3.61. The molecule has 2 aromatic heterocycles. The van der Waals surface area contributed by atoms with Crippen molar-refractivity contribution >= 4 is 22.7 Å². The summed E-state index contributed by atoms with van der Waals surface area (Å²) in [4.78, 5) is 18.9. The highest BCUT2D eigenvalue weighted by atomic mass is 16.4. The van der Waals surface area contributed by atoms with E-state index in [1.54, 1.807) is 13.0 Å². The molecule has 0 radical (unpaired) electrons. The number of aryl methyl sites for hydroxylation is 2. The Morgan fingerprint density at radius 3 is 2.62 bits per heavy atom. The summed E-state index contributed by atoms with van der Waals surface area (Å²) in [5.41, 5.74) is 8.42. The van der Waals surface area contributed by atoms with E-state index in [1.165, 1.54) is 6.07 Å². The molecule has 5 nitrogen and oxygen atoms in total. The maximum Gasteiger partial charge on any atom is 0.354 e. The fraction of sp³-hybridized carbons (Fsp3) is 0.182. The van der Waals surface area contributed by atoms with Gasteiger partial charge in [0, 0.05) is 5.39 Å². The van der Waals surface area contributed by atoms with Crippen LogP contribution in [0.4, 0.5) is 5.69 Å². The van der Waals surface area contributed by atoms with E-state index >= 15 is 0 Å². The van der Waals surface area contributed by atoms with Crippen molar-refractivity contribution in [2.24, 2.45) is 0 Å². The van der Waals surface area contributed by atoms with E-state index in [9.17, 15) is 4.79 Å². The van der Waals surface area contributed by atoms with Gasteiger partial charge in [0.1, 0.15) is 0 Å². The molecule has 16 heavy (non-hydrogen) atoms. The molecule has 0 amide bonds. The summed E-state index contributed by atoms with van der Waals surface area (Å²) in [5.74, 6) is -1.06. The fourth-order valence-corrected chi connectivity index (χ4v) is 1.58. The summed E-state index contributed by atoms with van der Waals surface area (Å²) < 4.78 is 0. The Morgan fingerprint density at radius 1 is 1.31 bits per heavy atom. The highest BCUT2D eigenvalue weighted by Crippen LogP contribution is 2.23. The summed E-state index contributed by atoms with van der Waals surface area (Å²) in [7, 11) is 0. The lowest BCUT2D eigenvalue weighted by atomic mass is 10.1. The van der Waals surface area contributed by atoms with Crippen LogP contribution in [-0.2, 0) is 0 Å². The molecule has 0 aliphatic rings. The number of carbonyl (C=O) groups is 1. The zero-order valence-corrected chi connectivity index (χ0v) is 8.98. The van der Waals surface area contributed by atoms with Crippen LogP contribution in [0.2, 0.25) is 0 Å². The van der Waals surface area contributed by atoms with Gasteiger partial charge in [-0.25, -0.2) is 14.8 Å². The van der Waals surface area contributed by atoms with Gasteiger partial charge in [0.05, 0.1) is 11.4 Å². The number of nitrogens with zero attached hydrogens (tertiary/aromatic N) is 2. The monoisotopic (exact) mass is 217 g/mol. The Labute approximate surface area is 91.9 Å². The minimum absolute atomic E-state index is 0.0106. The van der Waals surface area contributed by atoms with Crippen LogP contribution in [0.25, 0.3) is 11.0 Å². The average Bonchev–Trinajstić information content (AvgIpc) is 2.25. The number of hydrogen-bond acceptors (Lipinski definition) is 4. The third kappa shape index (κ3) is 1.46. The number of fused-ring (bicyclic) bond motifs is 1. The molecule has 0 aliphatic heterocycles. The number of nitrogens with two attached hydrogens (primary N) is 1. The topological polar surface area (TPSA) is 89.1 Å². The standard InChI is InChI=1S/C11H11N3O2/c1-5-7-3-4-8(11(15)16)14-10(7)13-6(2)9(5)12/h3-4H,12H2,1-2H3,(H,15,16). The predicted octanol–water partition coefficient (Wildman–Crippen LogP) is 1.53. The first-order valence-electron chi connectivity index (χ1n) is 4.77. The second kappa shape index (κ2) is 3.44. The van der Waals surface area contributed by atoms with Gasteiger partial charge in [-0.05, 0) is 31.5 Å². The van der Waals surface area contributed by atoms with E-state index in [4.69, 9.17) is 10.8 Å². The summed E-state index contributed by atoms with van der Waals surface area (Å²) in [6.07, 6.45) is 0. The fourth-order valence-electron chi connectivity index (χ4n) is 1.58. The van der Waals surface area contributed by atoms with Crippen LogP contribution in [0.5, 0.6) is 0 Å². The molecule has 0 fully saturated rings. The van der Waals surface area contributed by atoms with Gasteiger partial charge in [0.25, 0.3) is 0 Å². The van der Waals surface area contributed by atoms with E-state index < -0.39 is 5.97 Å². The number of pyridine rings is 2. The Kier molecular flexibility index (Phi) is 2.23. The lowest BCUT2D eigenvalue weighted by Crippen LogP contribution is -2.04. The third-order valence-electron chi connectivity index (χ3n) is 2.57. The number of aromatic carboxylic acids is 1. The quantitative estimate of drug-likeness (QED) is 0.756. The smallest absolute Gasteiger partial charge is 0.354 e. The highest BCUT2D eigenvalue weighted by Gasteiger charge is 2.10. The van der Waals surface area contributed by atoms with Crippen molar-refractivity contribution in [3.8, 4) is 0 Å². The summed E-state index contributed by atoms with van der Waals surface area (Å²) in [6, 6.07) is 3.14. The van der Waals surface area contributed by atoms with Crippen molar-refractivity contribution < 1.29 is 9.90 Å². The van der Waals surface area contributed by atoms with E-state index in [2.05, 4.69) is 9.97 Å². The largest absolute Gasteiger partial charge is 0.477 e. The number of anilines is 1. The van der Waals surface area contributed by atoms with Crippen LogP contribution >= 0.6 is 0 Å². The molecule has 0 atom stereocenters. The maximum absolute atomic E-state index is 10.8. The highest BCUT2D eigenvalue weighted by molar-refractivity contribution is 5.91. The molecule has 5 heteroatoms. The van der Waals surface area contributed by atoms with Crippen LogP contribution in [0.1, 0.15) is 21.7 Å². The molecular formula is C11H11N3O2. The van der Waals surface area contributed by atoms with E-state index in [-0.39, 0.29) is 5.69 Å². The number of hydrogen-bond donors (Lipinski definition) is 2. The molecule has 3 N–H and O–H groups in total. The molecular weight excluding hydrogens is 206 g/mol. The number of rotatable bonds is 1. The van der Waals surface area contributed by atoms with Crippen molar-refractivity contribution in [1.29, 1.82) is 0 Å². The first-order valence-corrected chi connectivity index (χ1v) is 4.77. The van der Waals surface area contributed by atoms with Crippen molar-refractivity contribution in [3.63, 3.8) is 0 Å². The number of nitrogen functional groups attached to an aromatic ring is 1. The Hall–Kier alpha value is -2.17. The van der Waals surface area contributed by atoms with Gasteiger partial charge in [0.2, 0.25) is 0 Å². The van der Waals surface area contributed by atoms with Crippen LogP contribution in [0.15, 0.2) is 12.1 Å². The number of carboxylic acid groups (broad SMARTS) is 1. The van der Waals surface area contributed by atoms with Crippen molar-refractivity contribution in [3.05, 3.63) is 29.1 Å². The van der Waals surface area contributed by atoms with Crippen LogP contribution in [0.3, 0.4) is 0 Å². The summed E-state index contributed by atoms with van der Waals surface area (Å²) >= 11 is 0. The lowest BCUT2D eigenvalue weighted by molar-refractivity contribution is 0.0691. The molecule has 0 aliphatic carbocycles. The third-order valence-corrected chi connectivity index (χ3v) is 2.57. The van der Waals surface area contributed by atoms with Gasteiger partial charge in [-0.15, -0.1) is 0 Å². The van der Waals surface area contributed by atoms with E-state index in [0.29, 0.717) is 17.0 Å². The van der Waals surface area contributed by atoms with Gasteiger partial charge in [-0.2, -0.15) is 0 Å². The molecule has 2 rings (SSSR count). The number of carboxylic acids is 1. The first kappa shape index (κ1) is 10.4. The minimum Gasteiger partial charge on any atom is -0.477 e. The van der Waals surface area contributed by atoms with Crippen LogP contribution in [-0.4, -0.2) is 21.0 Å².